The summed E-state index contributed by atoms with van der Waals surface area (Å²) in [7, 11) is 0. The topological polar surface area (TPSA) is 12.0 Å². The second-order valence-corrected chi connectivity index (χ2v) is 5.16. The van der Waals surface area contributed by atoms with Crippen LogP contribution in [0.4, 0.5) is 13.2 Å². The highest BCUT2D eigenvalue weighted by atomic mass is 19.1. The Balaban J connectivity index is 2.53. The lowest BCUT2D eigenvalue weighted by Gasteiger charge is -2.20. The summed E-state index contributed by atoms with van der Waals surface area (Å²) >= 11 is 0. The summed E-state index contributed by atoms with van der Waals surface area (Å²) < 4.78 is 40.6. The highest BCUT2D eigenvalue weighted by molar-refractivity contribution is 5.38. The third-order valence-electron chi connectivity index (χ3n) is 3.42. The third kappa shape index (κ3) is 3.45. The highest BCUT2D eigenvalue weighted by Gasteiger charge is 2.17. The van der Waals surface area contributed by atoms with Gasteiger partial charge in [-0.25, -0.2) is 13.2 Å². The Bertz CT molecular complexity index is 609. The van der Waals surface area contributed by atoms with E-state index in [1.54, 1.807) is 26.0 Å². The molecule has 0 aliphatic carbocycles. The molecule has 2 aromatic carbocycles. The fraction of sp³-hybridized carbons (Fsp3) is 0.294. The third-order valence-corrected chi connectivity index (χ3v) is 3.42. The van der Waals surface area contributed by atoms with Crippen LogP contribution < -0.4 is 5.32 Å². The quantitative estimate of drug-likeness (QED) is 0.880. The molecule has 0 saturated heterocycles. The van der Waals surface area contributed by atoms with Crippen molar-refractivity contribution in [1.82, 2.24) is 5.32 Å². The van der Waals surface area contributed by atoms with Crippen LogP contribution in [0.2, 0.25) is 0 Å². The van der Waals surface area contributed by atoms with Crippen LogP contribution in [0.15, 0.2) is 30.3 Å². The number of hydrogen-bond donors (Lipinski definition) is 1. The van der Waals surface area contributed by atoms with Gasteiger partial charge in [0.15, 0.2) is 0 Å². The first-order valence-electron chi connectivity index (χ1n) is 6.88. The van der Waals surface area contributed by atoms with Crippen molar-refractivity contribution in [2.45, 2.75) is 26.8 Å². The van der Waals surface area contributed by atoms with E-state index in [4.69, 9.17) is 0 Å². The molecule has 0 aliphatic heterocycles. The normalized spacial score (nSPS) is 12.5. The van der Waals surface area contributed by atoms with Gasteiger partial charge in [0.2, 0.25) is 0 Å². The zero-order valence-electron chi connectivity index (χ0n) is 12.3. The molecule has 21 heavy (non-hydrogen) atoms. The summed E-state index contributed by atoms with van der Waals surface area (Å²) in [6, 6.07) is 6.47. The summed E-state index contributed by atoms with van der Waals surface area (Å²) in [5.74, 6) is -1.49. The summed E-state index contributed by atoms with van der Waals surface area (Å²) in [5.41, 5.74) is 2.31. The Morgan fingerprint density at radius 2 is 1.33 bits per heavy atom. The van der Waals surface area contributed by atoms with E-state index in [9.17, 15) is 13.2 Å². The lowest BCUT2D eigenvalue weighted by molar-refractivity contribution is 0.563. The first-order valence-corrected chi connectivity index (χ1v) is 6.88. The molecule has 112 valence electrons. The fourth-order valence-corrected chi connectivity index (χ4v) is 2.52. The molecule has 0 fully saturated rings. The molecule has 4 heteroatoms. The van der Waals surface area contributed by atoms with Gasteiger partial charge in [-0.3, -0.25) is 0 Å². The SMILES string of the molecule is CCNC(c1cc(F)cc(F)c1)c1cc(C)c(F)c(C)c1. The van der Waals surface area contributed by atoms with E-state index in [1.807, 2.05) is 6.92 Å². The number of aryl methyl sites for hydroxylation is 2. The van der Waals surface area contributed by atoms with E-state index in [2.05, 4.69) is 5.32 Å². The molecule has 1 N–H and O–H groups in total. The van der Waals surface area contributed by atoms with Gasteiger partial charge in [-0.05, 0) is 54.8 Å². The maximum Gasteiger partial charge on any atom is 0.129 e. The van der Waals surface area contributed by atoms with Gasteiger partial charge in [0.05, 0.1) is 6.04 Å². The van der Waals surface area contributed by atoms with Crippen molar-refractivity contribution in [2.75, 3.05) is 6.54 Å². The standard InChI is InChI=1S/C17H18F3N/c1-4-21-17(13-7-14(18)9-15(19)8-13)12-5-10(2)16(20)11(3)6-12/h5-9,17,21H,4H2,1-3H3. The summed E-state index contributed by atoms with van der Waals surface area (Å²) in [5, 5.41) is 3.19. The molecule has 0 bridgehead atoms. The highest BCUT2D eigenvalue weighted by Crippen LogP contribution is 2.26. The molecule has 0 spiro atoms. The Labute approximate surface area is 122 Å². The van der Waals surface area contributed by atoms with Crippen LogP contribution in [0.1, 0.15) is 35.2 Å². The van der Waals surface area contributed by atoms with E-state index in [0.717, 1.165) is 11.6 Å². The monoisotopic (exact) mass is 293 g/mol. The number of halogens is 3. The molecule has 0 amide bonds. The minimum absolute atomic E-state index is 0.251. The Kier molecular flexibility index (Phi) is 4.68. The van der Waals surface area contributed by atoms with Crippen LogP contribution in [0.25, 0.3) is 0 Å². The Hall–Kier alpha value is -1.81. The van der Waals surface area contributed by atoms with Gasteiger partial charge in [0.25, 0.3) is 0 Å². The zero-order chi connectivity index (χ0) is 15.6. The van der Waals surface area contributed by atoms with Crippen molar-refractivity contribution in [2.24, 2.45) is 0 Å². The minimum Gasteiger partial charge on any atom is -0.307 e. The maximum absolute atomic E-state index is 13.8. The maximum atomic E-state index is 13.8. The molecule has 0 aliphatic rings. The first-order chi connectivity index (χ1) is 9.92. The number of nitrogens with one attached hydrogen (secondary N) is 1. The predicted octanol–water partition coefficient (Wildman–Crippen LogP) is 4.42. The van der Waals surface area contributed by atoms with Crippen LogP contribution in [-0.2, 0) is 0 Å². The predicted molar refractivity (Wildman–Crippen MR) is 77.8 cm³/mol. The number of rotatable bonds is 4. The zero-order valence-corrected chi connectivity index (χ0v) is 12.3. The largest absolute Gasteiger partial charge is 0.307 e. The summed E-state index contributed by atoms with van der Waals surface area (Å²) in [6.07, 6.45) is 0. The van der Waals surface area contributed by atoms with E-state index in [1.165, 1.54) is 12.1 Å². The molecule has 2 rings (SSSR count). The average molecular weight is 293 g/mol. The molecular weight excluding hydrogens is 275 g/mol. The molecule has 0 saturated carbocycles. The molecular formula is C17H18F3N. The van der Waals surface area contributed by atoms with Crippen LogP contribution >= 0.6 is 0 Å². The van der Waals surface area contributed by atoms with E-state index in [0.29, 0.717) is 23.2 Å². The molecule has 0 radical (unpaired) electrons. The van der Waals surface area contributed by atoms with Crippen LogP contribution in [0.3, 0.4) is 0 Å². The summed E-state index contributed by atoms with van der Waals surface area (Å²) in [6.45, 7) is 5.90. The summed E-state index contributed by atoms with van der Waals surface area (Å²) in [4.78, 5) is 0. The van der Waals surface area contributed by atoms with Gasteiger partial charge in [0.1, 0.15) is 17.5 Å². The van der Waals surface area contributed by atoms with Crippen LogP contribution in [0.5, 0.6) is 0 Å². The van der Waals surface area contributed by atoms with Gasteiger partial charge in [-0.15, -0.1) is 0 Å². The lowest BCUT2D eigenvalue weighted by Crippen LogP contribution is -2.22. The van der Waals surface area contributed by atoms with Gasteiger partial charge in [-0.2, -0.15) is 0 Å². The molecule has 0 aromatic heterocycles. The van der Waals surface area contributed by atoms with Crippen molar-refractivity contribution in [3.05, 3.63) is 70.0 Å². The van der Waals surface area contributed by atoms with Crippen molar-refractivity contribution in [3.63, 3.8) is 0 Å². The second-order valence-electron chi connectivity index (χ2n) is 5.16. The average Bonchev–Trinajstić information content (AvgIpc) is 2.40. The molecule has 1 atom stereocenters. The van der Waals surface area contributed by atoms with Crippen molar-refractivity contribution in [3.8, 4) is 0 Å². The van der Waals surface area contributed by atoms with Crippen molar-refractivity contribution < 1.29 is 13.2 Å². The molecule has 0 heterocycles. The number of benzene rings is 2. The van der Waals surface area contributed by atoms with Crippen molar-refractivity contribution in [1.29, 1.82) is 0 Å². The Morgan fingerprint density at radius 3 is 1.81 bits per heavy atom. The van der Waals surface area contributed by atoms with E-state index in [-0.39, 0.29) is 11.9 Å². The van der Waals surface area contributed by atoms with Gasteiger partial charge in [-0.1, -0.05) is 19.1 Å². The van der Waals surface area contributed by atoms with Crippen molar-refractivity contribution >= 4 is 0 Å². The van der Waals surface area contributed by atoms with Gasteiger partial charge >= 0.3 is 0 Å². The van der Waals surface area contributed by atoms with Gasteiger partial charge in [0, 0.05) is 6.07 Å². The van der Waals surface area contributed by atoms with Crippen LogP contribution in [0, 0.1) is 31.3 Å². The van der Waals surface area contributed by atoms with E-state index >= 15 is 0 Å². The minimum atomic E-state index is -0.622. The Morgan fingerprint density at radius 1 is 0.857 bits per heavy atom. The molecule has 2 aromatic rings. The number of hydrogen-bond acceptors (Lipinski definition) is 1. The van der Waals surface area contributed by atoms with Gasteiger partial charge < -0.3 is 5.32 Å². The lowest BCUT2D eigenvalue weighted by atomic mass is 9.95. The first kappa shape index (κ1) is 15.6. The smallest absolute Gasteiger partial charge is 0.129 e. The van der Waals surface area contributed by atoms with E-state index < -0.39 is 11.6 Å². The second kappa shape index (κ2) is 6.31. The fourth-order valence-electron chi connectivity index (χ4n) is 2.52. The van der Waals surface area contributed by atoms with Crippen LogP contribution in [-0.4, -0.2) is 6.54 Å². The molecule has 1 nitrogen and oxygen atoms in total. The molecule has 1 unspecified atom stereocenters.